The Bertz CT molecular complexity index is 168. The van der Waals surface area contributed by atoms with Crippen LogP contribution in [-0.2, 0) is 14.0 Å². The molecule has 0 amide bonds. The van der Waals surface area contributed by atoms with Crippen molar-refractivity contribution in [2.45, 2.75) is 38.1 Å². The molecule has 88 valence electrons. The largest absolute Gasteiger partial charge is 0.394 e. The van der Waals surface area contributed by atoms with E-state index in [1.54, 1.807) is 0 Å². The van der Waals surface area contributed by atoms with Gasteiger partial charge in [0.25, 0.3) is 0 Å². The minimum atomic E-state index is -0.249. The van der Waals surface area contributed by atoms with Crippen molar-refractivity contribution >= 4 is 24.7 Å². The Kier molecular flexibility index (Phi) is 6.60. The number of rotatable bonds is 6. The van der Waals surface area contributed by atoms with Gasteiger partial charge in [-0.05, 0) is 6.92 Å². The smallest absolute Gasteiger partial charge is 0.158 e. The highest BCUT2D eigenvalue weighted by atomic mass is 32.0. The maximum atomic E-state index is 9.20. The summed E-state index contributed by atoms with van der Waals surface area (Å²) in [6.45, 7) is 4.59. The lowest BCUT2D eigenvalue weighted by molar-refractivity contribution is -0.0440. The second-order valence-electron chi connectivity index (χ2n) is 3.42. The molecule has 1 N–H and O–H groups in total. The van der Waals surface area contributed by atoms with Crippen molar-refractivity contribution in [3.8, 4) is 0 Å². The van der Waals surface area contributed by atoms with E-state index in [-0.39, 0.29) is 30.9 Å². The van der Waals surface area contributed by atoms with Crippen molar-refractivity contribution in [3.05, 3.63) is 0 Å². The Morgan fingerprint density at radius 3 is 2.73 bits per heavy atom. The second-order valence-corrected chi connectivity index (χ2v) is 4.60. The predicted molar refractivity (Wildman–Crippen MR) is 67.1 cm³/mol. The van der Waals surface area contributed by atoms with Gasteiger partial charge in [-0.2, -0.15) is 0 Å². The second kappa shape index (κ2) is 7.16. The van der Waals surface area contributed by atoms with Crippen LogP contribution in [-0.4, -0.2) is 49.9 Å². The zero-order valence-corrected chi connectivity index (χ0v) is 11.3. The Morgan fingerprint density at radius 2 is 2.27 bits per heavy atom. The molecule has 0 saturated carbocycles. The van der Waals surface area contributed by atoms with Crippen molar-refractivity contribution < 1.29 is 19.1 Å². The van der Waals surface area contributed by atoms with E-state index in [9.17, 15) is 5.11 Å². The highest BCUT2D eigenvalue weighted by Gasteiger charge is 2.44. The summed E-state index contributed by atoms with van der Waals surface area (Å²) in [7, 11) is 3.77. The van der Waals surface area contributed by atoms with E-state index in [0.717, 1.165) is 7.28 Å². The van der Waals surface area contributed by atoms with E-state index >= 15 is 0 Å². The molecule has 1 aliphatic heterocycles. The van der Waals surface area contributed by atoms with Crippen molar-refractivity contribution in [1.82, 2.24) is 0 Å². The molecule has 0 bridgehead atoms. The van der Waals surface area contributed by atoms with E-state index in [4.69, 9.17) is 14.0 Å². The van der Waals surface area contributed by atoms with Crippen LogP contribution in [0.5, 0.6) is 0 Å². The van der Waals surface area contributed by atoms with Crippen LogP contribution in [0.1, 0.15) is 6.92 Å². The number of ether oxygens (including phenoxy) is 2. The van der Waals surface area contributed by atoms with Gasteiger partial charge in [-0.1, -0.05) is 15.8 Å². The Morgan fingerprint density at radius 1 is 1.53 bits per heavy atom. The van der Waals surface area contributed by atoms with E-state index in [1.807, 2.05) is 6.92 Å². The number of aliphatic hydroxyl groups is 1. The van der Waals surface area contributed by atoms with Gasteiger partial charge in [-0.15, -0.1) is 0 Å². The van der Waals surface area contributed by atoms with Crippen LogP contribution in [0.15, 0.2) is 0 Å². The highest BCUT2D eigenvalue weighted by molar-refractivity contribution is 8.00. The van der Waals surface area contributed by atoms with Gasteiger partial charge in [0.05, 0.1) is 12.6 Å². The summed E-state index contributed by atoms with van der Waals surface area (Å²) in [4.78, 5) is 0. The molecule has 0 aromatic carbocycles. The molecule has 1 fully saturated rings. The molecule has 1 aliphatic rings. The van der Waals surface area contributed by atoms with Crippen LogP contribution in [0.25, 0.3) is 0 Å². The third-order valence-electron chi connectivity index (χ3n) is 2.55. The first-order chi connectivity index (χ1) is 7.28. The van der Waals surface area contributed by atoms with Gasteiger partial charge < -0.3 is 19.1 Å². The number of hydrogen-bond donors (Lipinski definition) is 1. The molecule has 0 spiro atoms. The van der Waals surface area contributed by atoms with Gasteiger partial charge in [0, 0.05) is 15.1 Å². The third-order valence-corrected chi connectivity index (χ3v) is 3.37. The first kappa shape index (κ1) is 13.8. The van der Waals surface area contributed by atoms with Crippen LogP contribution in [0, 0.1) is 0 Å². The SMILES string of the molecule is CB[C@@H]1O[C@H](CO)[C@H](OCC)C1OPP. The van der Waals surface area contributed by atoms with E-state index in [0.29, 0.717) is 15.1 Å². The minimum Gasteiger partial charge on any atom is -0.394 e. The fraction of sp³-hybridized carbons (Fsp3) is 1.00. The Balaban J connectivity index is 2.65. The summed E-state index contributed by atoms with van der Waals surface area (Å²) in [5.74, 6) is 0. The summed E-state index contributed by atoms with van der Waals surface area (Å²) in [5, 5.41) is 9.20. The van der Waals surface area contributed by atoms with Crippen molar-refractivity contribution in [3.63, 3.8) is 0 Å². The van der Waals surface area contributed by atoms with Gasteiger partial charge in [0.1, 0.15) is 18.3 Å². The van der Waals surface area contributed by atoms with E-state index in [2.05, 4.69) is 15.8 Å². The molecule has 0 aromatic heterocycles. The third kappa shape index (κ3) is 3.36. The predicted octanol–water partition coefficient (Wildman–Crippen LogP) is 0.362. The lowest BCUT2D eigenvalue weighted by atomic mass is 9.72. The zero-order valence-electron chi connectivity index (χ0n) is 9.18. The molecule has 0 aliphatic carbocycles. The van der Waals surface area contributed by atoms with Gasteiger partial charge >= 0.3 is 0 Å². The fourth-order valence-electron chi connectivity index (χ4n) is 1.89. The number of hydrogen-bond acceptors (Lipinski definition) is 4. The van der Waals surface area contributed by atoms with Crippen LogP contribution in [0.2, 0.25) is 6.82 Å². The highest BCUT2D eigenvalue weighted by Crippen LogP contribution is 2.33. The molecular formula is C8H19BO4P2. The standard InChI is InChI=1S/C8H19BO4P2/c1-3-11-6-5(4-10)12-8(9-2)7(6)13-15-14/h5-10,15H,3-4,14H2,1-2H3/t5-,6+,7?,8-/m1/s1. The molecule has 3 unspecified atom stereocenters. The molecule has 1 rings (SSSR count). The maximum absolute atomic E-state index is 9.20. The Hall–Kier alpha value is 0.765. The molecule has 6 atom stereocenters. The molecular weight excluding hydrogens is 233 g/mol. The quantitative estimate of drug-likeness (QED) is 0.547. The lowest BCUT2D eigenvalue weighted by Crippen LogP contribution is -2.38. The van der Waals surface area contributed by atoms with Crippen LogP contribution >= 0.6 is 17.4 Å². The fourth-order valence-corrected chi connectivity index (χ4v) is 2.81. The average molecular weight is 252 g/mol. The molecule has 1 saturated heterocycles. The minimum absolute atomic E-state index is 0.0129. The summed E-state index contributed by atoms with van der Waals surface area (Å²) in [5.41, 5.74) is 0. The zero-order chi connectivity index (χ0) is 11.3. The lowest BCUT2D eigenvalue weighted by Gasteiger charge is -2.22. The van der Waals surface area contributed by atoms with E-state index in [1.165, 1.54) is 0 Å². The van der Waals surface area contributed by atoms with Crippen LogP contribution in [0.3, 0.4) is 0 Å². The first-order valence-electron chi connectivity index (χ1n) is 5.27. The number of aliphatic hydroxyl groups excluding tert-OH is 1. The average Bonchev–Trinajstić information content (AvgIpc) is 2.58. The van der Waals surface area contributed by atoms with E-state index < -0.39 is 0 Å². The van der Waals surface area contributed by atoms with Crippen molar-refractivity contribution in [1.29, 1.82) is 0 Å². The van der Waals surface area contributed by atoms with Gasteiger partial charge in [0.15, 0.2) is 7.28 Å². The molecule has 0 radical (unpaired) electrons. The summed E-state index contributed by atoms with van der Waals surface area (Å²) in [6, 6.07) is 0.0340. The normalized spacial score (nSPS) is 36.5. The molecule has 4 nitrogen and oxygen atoms in total. The first-order valence-corrected chi connectivity index (χ1v) is 7.99. The van der Waals surface area contributed by atoms with Crippen molar-refractivity contribution in [2.24, 2.45) is 0 Å². The summed E-state index contributed by atoms with van der Waals surface area (Å²) in [6.07, 6.45) is -0.442. The summed E-state index contributed by atoms with van der Waals surface area (Å²) >= 11 is 0. The molecule has 0 aromatic rings. The summed E-state index contributed by atoms with van der Waals surface area (Å²) < 4.78 is 16.9. The van der Waals surface area contributed by atoms with Crippen LogP contribution in [0.4, 0.5) is 0 Å². The van der Waals surface area contributed by atoms with Gasteiger partial charge in [-0.3, -0.25) is 0 Å². The van der Waals surface area contributed by atoms with Gasteiger partial charge in [-0.25, -0.2) is 0 Å². The van der Waals surface area contributed by atoms with Gasteiger partial charge in [0.2, 0.25) is 0 Å². The van der Waals surface area contributed by atoms with Crippen LogP contribution < -0.4 is 0 Å². The molecule has 7 heteroatoms. The monoisotopic (exact) mass is 252 g/mol. The molecule has 15 heavy (non-hydrogen) atoms. The topological polar surface area (TPSA) is 47.9 Å². The Labute approximate surface area is 95.6 Å². The molecule has 1 heterocycles. The maximum Gasteiger partial charge on any atom is 0.158 e. The van der Waals surface area contributed by atoms with Crippen molar-refractivity contribution in [2.75, 3.05) is 13.2 Å².